The van der Waals surface area contributed by atoms with Gasteiger partial charge in [-0.15, -0.1) is 0 Å². The molecule has 0 saturated carbocycles. The van der Waals surface area contributed by atoms with Crippen molar-refractivity contribution in [1.29, 1.82) is 0 Å². The molecule has 0 heterocycles. The van der Waals surface area contributed by atoms with E-state index < -0.39 is 26.7 Å². The van der Waals surface area contributed by atoms with Gasteiger partial charge in [-0.25, -0.2) is 0 Å². The number of amides is 2. The van der Waals surface area contributed by atoms with Crippen LogP contribution in [0.5, 0.6) is 0 Å². The molecule has 0 aliphatic rings. The van der Waals surface area contributed by atoms with Gasteiger partial charge in [-0.3, -0.25) is 14.4 Å². The summed E-state index contributed by atoms with van der Waals surface area (Å²) >= 11 is 4.73. The molecule has 0 aliphatic heterocycles. The molecule has 0 spiro atoms. The lowest BCUT2D eigenvalue weighted by Gasteiger charge is -2.32. The van der Waals surface area contributed by atoms with E-state index in [2.05, 4.69) is 17.6 Å². The van der Waals surface area contributed by atoms with Crippen LogP contribution in [0.15, 0.2) is 0 Å². The van der Waals surface area contributed by atoms with E-state index >= 15 is 0 Å². The molecule has 2 amide bonds. The number of carbonyl (C=O) groups is 3. The molecular weight excluding hydrogens is 635 g/mol. The fourth-order valence-electron chi connectivity index (χ4n) is 5.31. The largest absolute Gasteiger partial charge is 0.460 e. The summed E-state index contributed by atoms with van der Waals surface area (Å²) in [6.45, 7) is 20.6. The molecule has 2 N–H and O–H groups in total. The third-order valence-corrected chi connectivity index (χ3v) is 8.48. The van der Waals surface area contributed by atoms with Crippen LogP contribution >= 0.6 is 12.6 Å². The predicted molar refractivity (Wildman–Crippen MR) is 208 cm³/mol. The fraction of sp³-hybridized carbons (Fsp3) is 0.923. The molecule has 8 nitrogen and oxygen atoms in total. The zero-order valence-corrected chi connectivity index (χ0v) is 34.2. The molecular formula is C39H75BN2O6S. The van der Waals surface area contributed by atoms with E-state index in [0.29, 0.717) is 19.6 Å². The molecule has 0 aromatic carbocycles. The average Bonchev–Trinajstić information content (AvgIpc) is 2.95. The van der Waals surface area contributed by atoms with Crippen molar-refractivity contribution in [2.45, 2.75) is 193 Å². The Balaban J connectivity index is 4.21. The highest BCUT2D eigenvalue weighted by molar-refractivity contribution is 7.81. The molecule has 49 heavy (non-hydrogen) atoms. The van der Waals surface area contributed by atoms with E-state index in [9.17, 15) is 14.4 Å². The first-order chi connectivity index (χ1) is 22.6. The van der Waals surface area contributed by atoms with Crippen molar-refractivity contribution >= 4 is 38.3 Å². The fourth-order valence-corrected chi connectivity index (χ4v) is 5.46. The summed E-state index contributed by atoms with van der Waals surface area (Å²) in [6.07, 6.45) is 17.6. The Hall–Kier alpha value is -1.26. The lowest BCUT2D eigenvalue weighted by Crippen LogP contribution is -2.44. The molecule has 0 saturated heterocycles. The summed E-state index contributed by atoms with van der Waals surface area (Å²) in [5, 5.41) is 5.11. The Kier molecular flexibility index (Phi) is 23.5. The van der Waals surface area contributed by atoms with E-state index in [1.165, 1.54) is 70.6 Å². The normalized spacial score (nSPS) is 14.9. The van der Waals surface area contributed by atoms with Crippen molar-refractivity contribution in [1.82, 2.24) is 10.6 Å². The van der Waals surface area contributed by atoms with Gasteiger partial charge in [0.25, 0.3) is 0 Å². The van der Waals surface area contributed by atoms with Gasteiger partial charge in [0.05, 0.1) is 44.2 Å². The second kappa shape index (κ2) is 24.1. The van der Waals surface area contributed by atoms with Crippen LogP contribution in [0.3, 0.4) is 0 Å². The minimum Gasteiger partial charge on any atom is -0.460 e. The molecule has 0 aromatic heterocycles. The van der Waals surface area contributed by atoms with E-state index in [1.54, 1.807) is 0 Å². The monoisotopic (exact) mass is 711 g/mol. The summed E-state index contributed by atoms with van der Waals surface area (Å²) < 4.78 is 16.8. The highest BCUT2D eigenvalue weighted by atomic mass is 32.1. The average molecular weight is 711 g/mol. The molecule has 2 unspecified atom stereocenters. The van der Waals surface area contributed by atoms with Gasteiger partial charge in [0.1, 0.15) is 5.60 Å². The third kappa shape index (κ3) is 30.1. The van der Waals surface area contributed by atoms with Crippen LogP contribution in [-0.2, 0) is 28.6 Å². The summed E-state index contributed by atoms with van der Waals surface area (Å²) in [5.74, 6) is -0.404. The Morgan fingerprint density at radius 2 is 1.12 bits per heavy atom. The maximum Gasteiger partial charge on any atom is 0.306 e. The van der Waals surface area contributed by atoms with Gasteiger partial charge in [0, 0.05) is 26.1 Å². The van der Waals surface area contributed by atoms with E-state index in [0.717, 1.165) is 12.8 Å². The summed E-state index contributed by atoms with van der Waals surface area (Å²) in [5.41, 5.74) is -1.68. The van der Waals surface area contributed by atoms with Crippen molar-refractivity contribution in [3.05, 3.63) is 0 Å². The van der Waals surface area contributed by atoms with Gasteiger partial charge < -0.3 is 24.8 Å². The topological polar surface area (TPSA) is 103 Å². The molecule has 0 aromatic rings. The number of hydrogen-bond donors (Lipinski definition) is 3. The van der Waals surface area contributed by atoms with Gasteiger partial charge in [-0.2, -0.15) is 12.6 Å². The molecule has 286 valence electrons. The predicted octanol–water partition coefficient (Wildman–Crippen LogP) is 8.70. The quantitative estimate of drug-likeness (QED) is 0.0311. The number of ether oxygens (including phenoxy) is 3. The Morgan fingerprint density at radius 3 is 1.63 bits per heavy atom. The molecule has 0 bridgehead atoms. The Labute approximate surface area is 308 Å². The van der Waals surface area contributed by atoms with Crippen molar-refractivity contribution in [3.63, 3.8) is 0 Å². The summed E-state index contributed by atoms with van der Waals surface area (Å²) in [6, 6.07) is 0. The number of hydrogen-bond acceptors (Lipinski definition) is 7. The molecule has 0 aliphatic carbocycles. The van der Waals surface area contributed by atoms with E-state index in [1.807, 2.05) is 62.3 Å². The van der Waals surface area contributed by atoms with Crippen LogP contribution in [0, 0.1) is 5.41 Å². The number of rotatable bonds is 29. The van der Waals surface area contributed by atoms with Gasteiger partial charge in [0.2, 0.25) is 11.8 Å². The van der Waals surface area contributed by atoms with Crippen molar-refractivity contribution in [2.75, 3.05) is 32.9 Å². The van der Waals surface area contributed by atoms with Crippen molar-refractivity contribution < 1.29 is 28.6 Å². The van der Waals surface area contributed by atoms with Gasteiger partial charge in [-0.05, 0) is 58.7 Å². The van der Waals surface area contributed by atoms with Crippen LogP contribution < -0.4 is 10.6 Å². The zero-order chi connectivity index (χ0) is 37.6. The standard InChI is InChI=1S/C39H75BN2O6S/c1-11-12-13-14-15-16-17-18-19-20-21-22-23-24-32(43)42-28-39(10,49)31-47-37(7,8)25-33(44)41-27-38(9,40)30-46-29-36(5,6)26-34(45)48-35(2,3)4/h49H,11-31H2,1-10H3,(H,41,44)(H,42,43). The molecule has 0 rings (SSSR count). The van der Waals surface area contributed by atoms with E-state index in [-0.39, 0.29) is 50.4 Å². The van der Waals surface area contributed by atoms with Crippen molar-refractivity contribution in [2.24, 2.45) is 5.41 Å². The van der Waals surface area contributed by atoms with Gasteiger partial charge in [0.15, 0.2) is 0 Å². The van der Waals surface area contributed by atoms with Gasteiger partial charge >= 0.3 is 5.97 Å². The van der Waals surface area contributed by atoms with Crippen LogP contribution in [0.4, 0.5) is 0 Å². The summed E-state index contributed by atoms with van der Waals surface area (Å²) in [7, 11) is 6.40. The first-order valence-corrected chi connectivity index (χ1v) is 19.5. The zero-order valence-electron chi connectivity index (χ0n) is 33.3. The molecule has 2 radical (unpaired) electrons. The lowest BCUT2D eigenvalue weighted by molar-refractivity contribution is -0.158. The van der Waals surface area contributed by atoms with Crippen LogP contribution in [0.1, 0.15) is 172 Å². The lowest BCUT2D eigenvalue weighted by atomic mass is 9.71. The van der Waals surface area contributed by atoms with Crippen LogP contribution in [-0.4, -0.2) is 74.5 Å². The second-order valence-corrected chi connectivity index (χ2v) is 18.4. The van der Waals surface area contributed by atoms with Crippen LogP contribution in [0.25, 0.3) is 0 Å². The van der Waals surface area contributed by atoms with Gasteiger partial charge in [-0.1, -0.05) is 105 Å². The number of nitrogens with one attached hydrogen (secondary N) is 2. The van der Waals surface area contributed by atoms with E-state index in [4.69, 9.17) is 34.7 Å². The molecule has 0 fully saturated rings. The highest BCUT2D eigenvalue weighted by Gasteiger charge is 2.30. The smallest absolute Gasteiger partial charge is 0.306 e. The number of carbonyl (C=O) groups excluding carboxylic acids is 3. The number of thiol groups is 1. The minimum absolute atomic E-state index is 0.0439. The van der Waals surface area contributed by atoms with Crippen LogP contribution in [0.2, 0.25) is 5.31 Å². The SMILES string of the molecule is [B]C(C)(CNC(=O)CC(C)(C)OCC(C)(S)CNC(=O)CCCCCCCCCCCCCCC)COCC(C)(C)CC(=O)OC(C)(C)C. The Bertz CT molecular complexity index is 933. The minimum atomic E-state index is -0.794. The van der Waals surface area contributed by atoms with Crippen molar-refractivity contribution in [3.8, 4) is 0 Å². The Morgan fingerprint density at radius 1 is 0.633 bits per heavy atom. The maximum atomic E-state index is 12.8. The highest BCUT2D eigenvalue weighted by Crippen LogP contribution is 2.26. The third-order valence-electron chi connectivity index (χ3n) is 8.19. The molecule has 10 heteroatoms. The first kappa shape index (κ1) is 47.7. The summed E-state index contributed by atoms with van der Waals surface area (Å²) in [4.78, 5) is 37.4. The maximum absolute atomic E-state index is 12.8. The second-order valence-electron chi connectivity index (χ2n) is 17.3. The number of unbranched alkanes of at least 4 members (excludes halogenated alkanes) is 12. The molecule has 2 atom stereocenters. The first-order valence-electron chi connectivity index (χ1n) is 19.1. The number of esters is 1.